The van der Waals surface area contributed by atoms with E-state index >= 15 is 0 Å². The van der Waals surface area contributed by atoms with E-state index in [9.17, 15) is 9.59 Å². The number of carboxylic acid groups (broad SMARTS) is 1. The molecule has 19 heavy (non-hydrogen) atoms. The van der Waals surface area contributed by atoms with Gasteiger partial charge in [0.15, 0.2) is 0 Å². The number of aliphatic carboxylic acids is 1. The predicted molar refractivity (Wildman–Crippen MR) is 74.0 cm³/mol. The zero-order valence-corrected chi connectivity index (χ0v) is 12.0. The fraction of sp³-hybridized carbons (Fsp3) is 0.857. The number of nitrogens with one attached hydrogen (secondary N) is 1. The molecule has 2 N–H and O–H groups in total. The molecule has 110 valence electrons. The maximum absolute atomic E-state index is 12.0. The summed E-state index contributed by atoms with van der Waals surface area (Å²) < 4.78 is 0. The lowest BCUT2D eigenvalue weighted by Crippen LogP contribution is -2.44. The molecule has 1 aliphatic rings. The second-order valence-electron chi connectivity index (χ2n) is 5.47. The van der Waals surface area contributed by atoms with Gasteiger partial charge in [-0.25, -0.2) is 4.79 Å². The van der Waals surface area contributed by atoms with E-state index in [0.29, 0.717) is 12.5 Å². The number of rotatable bonds is 6. The first-order valence-corrected chi connectivity index (χ1v) is 7.30. The first-order valence-electron chi connectivity index (χ1n) is 7.30. The largest absolute Gasteiger partial charge is 0.481 e. The summed E-state index contributed by atoms with van der Waals surface area (Å²) in [7, 11) is 0. The van der Waals surface area contributed by atoms with Crippen LogP contribution in [-0.2, 0) is 4.79 Å². The number of carboxylic acids is 1. The van der Waals surface area contributed by atoms with Crippen molar-refractivity contribution in [3.63, 3.8) is 0 Å². The molecule has 0 radical (unpaired) electrons. The summed E-state index contributed by atoms with van der Waals surface area (Å²) in [5.74, 6) is -0.799. The Morgan fingerprint density at radius 2 is 1.95 bits per heavy atom. The van der Waals surface area contributed by atoms with Gasteiger partial charge in [-0.15, -0.1) is 0 Å². The van der Waals surface area contributed by atoms with Gasteiger partial charge >= 0.3 is 12.0 Å². The van der Waals surface area contributed by atoms with Gasteiger partial charge in [-0.05, 0) is 25.7 Å². The third kappa shape index (κ3) is 5.49. The Bertz CT molecular complexity index is 301. The summed E-state index contributed by atoms with van der Waals surface area (Å²) in [6, 6.07) is -0.138. The predicted octanol–water partition coefficient (Wildman–Crippen LogP) is 2.32. The summed E-state index contributed by atoms with van der Waals surface area (Å²) in [5.41, 5.74) is 0. The summed E-state index contributed by atoms with van der Waals surface area (Å²) >= 11 is 0. The van der Waals surface area contributed by atoms with Crippen molar-refractivity contribution in [2.24, 2.45) is 11.8 Å². The average molecular weight is 270 g/mol. The minimum absolute atomic E-state index is 0.138. The van der Waals surface area contributed by atoms with E-state index in [0.717, 1.165) is 6.54 Å². The van der Waals surface area contributed by atoms with Crippen molar-refractivity contribution in [3.05, 3.63) is 0 Å². The van der Waals surface area contributed by atoms with Crippen LogP contribution in [0.15, 0.2) is 0 Å². The van der Waals surface area contributed by atoms with E-state index in [1.54, 1.807) is 11.8 Å². The maximum Gasteiger partial charge on any atom is 0.317 e. The highest BCUT2D eigenvalue weighted by Crippen LogP contribution is 2.22. The van der Waals surface area contributed by atoms with Crippen molar-refractivity contribution in [1.82, 2.24) is 10.2 Å². The Kier molecular flexibility index (Phi) is 6.67. The third-order valence-electron chi connectivity index (χ3n) is 3.85. The van der Waals surface area contributed by atoms with Gasteiger partial charge in [0.2, 0.25) is 0 Å². The molecular weight excluding hydrogens is 244 g/mol. The van der Waals surface area contributed by atoms with Gasteiger partial charge in [-0.1, -0.05) is 26.2 Å². The van der Waals surface area contributed by atoms with Crippen LogP contribution >= 0.6 is 0 Å². The Morgan fingerprint density at radius 3 is 2.47 bits per heavy atom. The van der Waals surface area contributed by atoms with Crippen LogP contribution in [-0.4, -0.2) is 41.6 Å². The topological polar surface area (TPSA) is 69.6 Å². The number of hydrogen-bond acceptors (Lipinski definition) is 2. The average Bonchev–Trinajstić information content (AvgIpc) is 2.42. The van der Waals surface area contributed by atoms with Crippen molar-refractivity contribution in [2.45, 2.75) is 46.0 Å². The van der Waals surface area contributed by atoms with Crippen molar-refractivity contribution in [1.29, 1.82) is 0 Å². The Labute approximate surface area is 115 Å². The zero-order valence-electron chi connectivity index (χ0n) is 12.0. The monoisotopic (exact) mass is 270 g/mol. The Hall–Kier alpha value is -1.26. The molecular formula is C14H26N2O3. The molecule has 1 rings (SSSR count). The number of hydrogen-bond donors (Lipinski definition) is 2. The van der Waals surface area contributed by atoms with Crippen molar-refractivity contribution < 1.29 is 14.7 Å². The van der Waals surface area contributed by atoms with Gasteiger partial charge in [0.05, 0.1) is 5.92 Å². The SMILES string of the molecule is CCN(CC(C)C(=O)O)C(=O)NCC1CCCCC1. The molecule has 5 heteroatoms. The first kappa shape index (κ1) is 15.8. The van der Waals surface area contributed by atoms with E-state index < -0.39 is 11.9 Å². The van der Waals surface area contributed by atoms with Crippen molar-refractivity contribution >= 4 is 12.0 Å². The molecule has 2 amide bonds. The third-order valence-corrected chi connectivity index (χ3v) is 3.85. The Morgan fingerprint density at radius 1 is 1.32 bits per heavy atom. The van der Waals surface area contributed by atoms with E-state index in [1.165, 1.54) is 32.1 Å². The van der Waals surface area contributed by atoms with Crippen molar-refractivity contribution in [2.75, 3.05) is 19.6 Å². The van der Waals surface area contributed by atoms with Gasteiger partial charge in [0, 0.05) is 19.6 Å². The molecule has 1 aliphatic carbocycles. The molecule has 1 unspecified atom stereocenters. The molecule has 0 aromatic heterocycles. The molecule has 0 aromatic rings. The lowest BCUT2D eigenvalue weighted by Gasteiger charge is -2.26. The van der Waals surface area contributed by atoms with Crippen LogP contribution in [0.1, 0.15) is 46.0 Å². The van der Waals surface area contributed by atoms with Gasteiger partial charge in [-0.3, -0.25) is 4.79 Å². The van der Waals surface area contributed by atoms with E-state index in [4.69, 9.17) is 5.11 Å². The number of carbonyl (C=O) groups is 2. The molecule has 1 saturated carbocycles. The molecule has 0 bridgehead atoms. The highest BCUT2D eigenvalue weighted by Gasteiger charge is 2.20. The number of carbonyl (C=O) groups excluding carboxylic acids is 1. The van der Waals surface area contributed by atoms with Crippen LogP contribution in [0.4, 0.5) is 4.79 Å². The summed E-state index contributed by atoms with van der Waals surface area (Å²) in [6.45, 7) is 5.02. The zero-order chi connectivity index (χ0) is 14.3. The molecule has 0 aliphatic heterocycles. The summed E-state index contributed by atoms with van der Waals surface area (Å²) in [6.07, 6.45) is 6.21. The van der Waals surface area contributed by atoms with Crippen molar-refractivity contribution in [3.8, 4) is 0 Å². The molecule has 0 aromatic carbocycles. The quantitative estimate of drug-likeness (QED) is 0.778. The fourth-order valence-electron chi connectivity index (χ4n) is 2.50. The normalized spacial score (nSPS) is 17.8. The molecule has 0 heterocycles. The molecule has 0 spiro atoms. The standard InChI is InChI=1S/C14H26N2O3/c1-3-16(10-11(2)13(17)18)14(19)15-9-12-7-5-4-6-8-12/h11-12H,3-10H2,1-2H3,(H,15,19)(H,17,18). The van der Waals surface area contributed by atoms with Gasteiger partial charge in [-0.2, -0.15) is 0 Å². The van der Waals surface area contributed by atoms with Crippen LogP contribution in [0.5, 0.6) is 0 Å². The minimum Gasteiger partial charge on any atom is -0.481 e. The van der Waals surface area contributed by atoms with Crippen LogP contribution < -0.4 is 5.32 Å². The van der Waals surface area contributed by atoms with E-state index in [2.05, 4.69) is 5.32 Å². The highest BCUT2D eigenvalue weighted by atomic mass is 16.4. The van der Waals surface area contributed by atoms with Gasteiger partial charge in [0.25, 0.3) is 0 Å². The summed E-state index contributed by atoms with van der Waals surface area (Å²) in [5, 5.41) is 11.8. The second-order valence-corrected chi connectivity index (χ2v) is 5.47. The number of amides is 2. The Balaban J connectivity index is 2.34. The maximum atomic E-state index is 12.0. The van der Waals surface area contributed by atoms with E-state index in [-0.39, 0.29) is 12.6 Å². The minimum atomic E-state index is -0.862. The highest BCUT2D eigenvalue weighted by molar-refractivity contribution is 5.75. The molecule has 1 atom stereocenters. The lowest BCUT2D eigenvalue weighted by molar-refractivity contribution is -0.141. The first-order chi connectivity index (χ1) is 9.04. The van der Waals surface area contributed by atoms with Gasteiger partial charge in [0.1, 0.15) is 0 Å². The molecule has 5 nitrogen and oxygen atoms in total. The number of nitrogens with zero attached hydrogens (tertiary/aromatic N) is 1. The molecule has 1 fully saturated rings. The van der Waals surface area contributed by atoms with Crippen LogP contribution in [0.2, 0.25) is 0 Å². The van der Waals surface area contributed by atoms with E-state index in [1.807, 2.05) is 6.92 Å². The number of urea groups is 1. The van der Waals surface area contributed by atoms with Gasteiger partial charge < -0.3 is 15.3 Å². The molecule has 0 saturated heterocycles. The second kappa shape index (κ2) is 8.02. The summed E-state index contributed by atoms with van der Waals surface area (Å²) in [4.78, 5) is 24.4. The van der Waals surface area contributed by atoms with Crippen LogP contribution in [0.3, 0.4) is 0 Å². The smallest absolute Gasteiger partial charge is 0.317 e. The van der Waals surface area contributed by atoms with Crippen LogP contribution in [0.25, 0.3) is 0 Å². The lowest BCUT2D eigenvalue weighted by atomic mass is 9.89. The fourth-order valence-corrected chi connectivity index (χ4v) is 2.50. The van der Waals surface area contributed by atoms with Crippen LogP contribution in [0, 0.1) is 11.8 Å².